The lowest BCUT2D eigenvalue weighted by Crippen LogP contribution is -2.29. The first-order chi connectivity index (χ1) is 15.0. The predicted molar refractivity (Wildman–Crippen MR) is 116 cm³/mol. The van der Waals surface area contributed by atoms with Gasteiger partial charge in [-0.2, -0.15) is 0 Å². The number of para-hydroxylation sites is 2. The Kier molecular flexibility index (Phi) is 7.59. The van der Waals surface area contributed by atoms with Gasteiger partial charge in [0.1, 0.15) is 23.9 Å². The number of aryl methyl sites for hydroxylation is 1. The lowest BCUT2D eigenvalue weighted by atomic mass is 10.2. The molecule has 3 rings (SSSR count). The molecule has 0 aromatic heterocycles. The van der Waals surface area contributed by atoms with Crippen LogP contribution in [0.25, 0.3) is 0 Å². The minimum absolute atomic E-state index is 0.0655. The Labute approximate surface area is 180 Å². The number of amides is 2. The molecule has 0 unspecified atom stereocenters. The minimum atomic E-state index is -0.538. The molecule has 0 bridgehead atoms. The standard InChI is InChI=1S/C24H23FN2O4/c1-17-10-12-18(13-11-17)30-15-14-26-24(29)19-6-2-5-9-22(19)31-16-23(28)27-21-8-4-3-7-20(21)25/h2-13H,14-16H2,1H3,(H,26,29)(H,27,28). The highest BCUT2D eigenvalue weighted by atomic mass is 19.1. The first-order valence-electron chi connectivity index (χ1n) is 9.77. The molecule has 0 fully saturated rings. The summed E-state index contributed by atoms with van der Waals surface area (Å²) < 4.78 is 24.7. The van der Waals surface area contributed by atoms with Crippen LogP contribution in [0, 0.1) is 12.7 Å². The number of carbonyl (C=O) groups is 2. The molecule has 6 nitrogen and oxygen atoms in total. The van der Waals surface area contributed by atoms with Gasteiger partial charge >= 0.3 is 0 Å². The molecule has 2 N–H and O–H groups in total. The van der Waals surface area contributed by atoms with E-state index in [0.717, 1.165) is 11.3 Å². The van der Waals surface area contributed by atoms with Gasteiger partial charge < -0.3 is 20.1 Å². The van der Waals surface area contributed by atoms with Crippen molar-refractivity contribution in [2.45, 2.75) is 6.92 Å². The summed E-state index contributed by atoms with van der Waals surface area (Å²) in [6.45, 7) is 2.24. The Hall–Kier alpha value is -3.87. The summed E-state index contributed by atoms with van der Waals surface area (Å²) in [6, 6.07) is 20.1. The topological polar surface area (TPSA) is 76.7 Å². The number of anilines is 1. The molecule has 0 saturated heterocycles. The van der Waals surface area contributed by atoms with Gasteiger partial charge in [-0.25, -0.2) is 4.39 Å². The molecular formula is C24H23FN2O4. The van der Waals surface area contributed by atoms with E-state index in [2.05, 4.69) is 10.6 Å². The number of carbonyl (C=O) groups excluding carboxylic acids is 2. The lowest BCUT2D eigenvalue weighted by Gasteiger charge is -2.12. The SMILES string of the molecule is Cc1ccc(OCCNC(=O)c2ccccc2OCC(=O)Nc2ccccc2F)cc1. The van der Waals surface area contributed by atoms with Crippen LogP contribution in [-0.2, 0) is 4.79 Å². The van der Waals surface area contributed by atoms with E-state index < -0.39 is 11.7 Å². The van der Waals surface area contributed by atoms with Crippen LogP contribution in [0.1, 0.15) is 15.9 Å². The largest absolute Gasteiger partial charge is 0.492 e. The summed E-state index contributed by atoms with van der Waals surface area (Å²) in [4.78, 5) is 24.6. The Morgan fingerprint density at radius 1 is 0.903 bits per heavy atom. The van der Waals surface area contributed by atoms with E-state index in [0.29, 0.717) is 13.2 Å². The summed E-state index contributed by atoms with van der Waals surface area (Å²) in [5, 5.41) is 5.20. The van der Waals surface area contributed by atoms with Crippen LogP contribution >= 0.6 is 0 Å². The third-order valence-electron chi connectivity index (χ3n) is 4.32. The maximum atomic E-state index is 13.6. The fraction of sp³-hybridized carbons (Fsp3) is 0.167. The quantitative estimate of drug-likeness (QED) is 0.512. The van der Waals surface area contributed by atoms with Gasteiger partial charge in [0.15, 0.2) is 6.61 Å². The van der Waals surface area contributed by atoms with Crippen LogP contribution in [0.4, 0.5) is 10.1 Å². The minimum Gasteiger partial charge on any atom is -0.492 e. The highest BCUT2D eigenvalue weighted by Crippen LogP contribution is 2.18. The third-order valence-corrected chi connectivity index (χ3v) is 4.32. The van der Waals surface area contributed by atoms with Gasteiger partial charge in [-0.15, -0.1) is 0 Å². The monoisotopic (exact) mass is 422 g/mol. The maximum absolute atomic E-state index is 13.6. The zero-order chi connectivity index (χ0) is 22.1. The maximum Gasteiger partial charge on any atom is 0.262 e. The fourth-order valence-electron chi connectivity index (χ4n) is 2.74. The number of halogens is 1. The molecule has 0 aliphatic rings. The normalized spacial score (nSPS) is 10.3. The van der Waals surface area contributed by atoms with Crippen molar-refractivity contribution in [1.82, 2.24) is 5.32 Å². The van der Waals surface area contributed by atoms with Gasteiger partial charge in [0.2, 0.25) is 0 Å². The Bertz CT molecular complexity index is 1040. The zero-order valence-corrected chi connectivity index (χ0v) is 17.1. The fourth-order valence-corrected chi connectivity index (χ4v) is 2.74. The summed E-state index contributed by atoms with van der Waals surface area (Å²) in [5.41, 5.74) is 1.49. The highest BCUT2D eigenvalue weighted by Gasteiger charge is 2.14. The molecule has 31 heavy (non-hydrogen) atoms. The molecule has 0 saturated carbocycles. The van der Waals surface area contributed by atoms with Crippen molar-refractivity contribution in [2.75, 3.05) is 25.1 Å². The number of nitrogens with one attached hydrogen (secondary N) is 2. The van der Waals surface area contributed by atoms with Gasteiger partial charge in [0.25, 0.3) is 11.8 Å². The van der Waals surface area contributed by atoms with Crippen molar-refractivity contribution in [3.63, 3.8) is 0 Å². The Morgan fingerprint density at radius 3 is 2.39 bits per heavy atom. The van der Waals surface area contributed by atoms with Crippen molar-refractivity contribution < 1.29 is 23.5 Å². The van der Waals surface area contributed by atoms with Gasteiger partial charge in [0, 0.05) is 0 Å². The molecule has 0 radical (unpaired) electrons. The second kappa shape index (κ2) is 10.8. The highest BCUT2D eigenvalue weighted by molar-refractivity contribution is 5.97. The molecule has 0 atom stereocenters. The Morgan fingerprint density at radius 2 is 1.61 bits per heavy atom. The predicted octanol–water partition coefficient (Wildman–Crippen LogP) is 3.96. The first kappa shape index (κ1) is 21.8. The molecule has 0 aliphatic carbocycles. The summed E-state index contributed by atoms with van der Waals surface area (Å²) in [6.07, 6.45) is 0. The third kappa shape index (κ3) is 6.57. The van der Waals surface area contributed by atoms with Crippen LogP contribution in [0.3, 0.4) is 0 Å². The number of ether oxygens (including phenoxy) is 2. The lowest BCUT2D eigenvalue weighted by molar-refractivity contribution is -0.118. The summed E-state index contributed by atoms with van der Waals surface area (Å²) in [5.74, 6) is -0.444. The van der Waals surface area contributed by atoms with E-state index in [-0.39, 0.29) is 29.5 Å². The Balaban J connectivity index is 1.49. The zero-order valence-electron chi connectivity index (χ0n) is 17.1. The van der Waals surface area contributed by atoms with Gasteiger partial charge in [0.05, 0.1) is 17.8 Å². The van der Waals surface area contributed by atoms with Crippen molar-refractivity contribution in [2.24, 2.45) is 0 Å². The van der Waals surface area contributed by atoms with Crippen LogP contribution in [0.5, 0.6) is 11.5 Å². The average Bonchev–Trinajstić information content (AvgIpc) is 2.78. The second-order valence-electron chi connectivity index (χ2n) is 6.73. The van der Waals surface area contributed by atoms with E-state index >= 15 is 0 Å². The summed E-state index contributed by atoms with van der Waals surface area (Å²) in [7, 11) is 0. The molecule has 0 heterocycles. The first-order valence-corrected chi connectivity index (χ1v) is 9.77. The molecule has 7 heteroatoms. The molecular weight excluding hydrogens is 399 g/mol. The van der Waals surface area contributed by atoms with E-state index in [1.807, 2.05) is 31.2 Å². The number of benzene rings is 3. The number of rotatable bonds is 9. The summed E-state index contributed by atoms with van der Waals surface area (Å²) >= 11 is 0. The molecule has 3 aromatic rings. The van der Waals surface area contributed by atoms with Gasteiger partial charge in [-0.1, -0.05) is 42.0 Å². The van der Waals surface area contributed by atoms with Crippen LogP contribution in [0.15, 0.2) is 72.8 Å². The van der Waals surface area contributed by atoms with Gasteiger partial charge in [-0.3, -0.25) is 9.59 Å². The molecule has 0 spiro atoms. The number of hydrogen-bond donors (Lipinski definition) is 2. The molecule has 2 amide bonds. The van der Waals surface area contributed by atoms with Crippen molar-refractivity contribution in [3.8, 4) is 11.5 Å². The van der Waals surface area contributed by atoms with E-state index in [1.54, 1.807) is 30.3 Å². The van der Waals surface area contributed by atoms with Crippen molar-refractivity contribution in [3.05, 3.63) is 89.7 Å². The van der Waals surface area contributed by atoms with Crippen molar-refractivity contribution >= 4 is 17.5 Å². The van der Waals surface area contributed by atoms with E-state index in [4.69, 9.17) is 9.47 Å². The van der Waals surface area contributed by atoms with Crippen LogP contribution in [-0.4, -0.2) is 31.6 Å². The number of hydrogen-bond acceptors (Lipinski definition) is 4. The molecule has 0 aliphatic heterocycles. The van der Waals surface area contributed by atoms with Crippen LogP contribution in [0.2, 0.25) is 0 Å². The van der Waals surface area contributed by atoms with Crippen LogP contribution < -0.4 is 20.1 Å². The van der Waals surface area contributed by atoms with E-state index in [9.17, 15) is 14.0 Å². The molecule has 3 aromatic carbocycles. The van der Waals surface area contributed by atoms with E-state index in [1.165, 1.54) is 18.2 Å². The smallest absolute Gasteiger partial charge is 0.262 e. The van der Waals surface area contributed by atoms with Crippen molar-refractivity contribution in [1.29, 1.82) is 0 Å². The average molecular weight is 422 g/mol. The molecule has 160 valence electrons. The second-order valence-corrected chi connectivity index (χ2v) is 6.73. The van der Waals surface area contributed by atoms with Gasteiger partial charge in [-0.05, 0) is 43.3 Å².